The molecule has 2 rings (SSSR count). The van der Waals surface area contributed by atoms with Crippen LogP contribution in [-0.2, 0) is 6.42 Å². The third-order valence-electron chi connectivity index (χ3n) is 2.24. The molecule has 0 spiro atoms. The van der Waals surface area contributed by atoms with Gasteiger partial charge in [0.2, 0.25) is 0 Å². The molecule has 0 radical (unpaired) electrons. The summed E-state index contributed by atoms with van der Waals surface area (Å²) in [5.41, 5.74) is 0. The van der Waals surface area contributed by atoms with Crippen LogP contribution >= 0.6 is 11.3 Å². The molecule has 0 aliphatic heterocycles. The van der Waals surface area contributed by atoms with E-state index in [2.05, 4.69) is 15.3 Å². The highest BCUT2D eigenvalue weighted by atomic mass is 32.1. The summed E-state index contributed by atoms with van der Waals surface area (Å²) in [5, 5.41) is 11.5. The number of H-pyrrole nitrogens is 1. The molecule has 6 nitrogen and oxygen atoms in total. The fourth-order valence-corrected chi connectivity index (χ4v) is 2.15. The number of thiophene rings is 1. The normalized spacial score (nSPS) is 10.2. The quantitative estimate of drug-likeness (QED) is 0.755. The summed E-state index contributed by atoms with van der Waals surface area (Å²) in [7, 11) is 0. The number of aromatic nitrogens is 2. The maximum atomic E-state index is 11.7. The van der Waals surface area contributed by atoms with Crippen molar-refractivity contribution in [2.24, 2.45) is 0 Å². The Hall–Kier alpha value is -2.15. The van der Waals surface area contributed by atoms with Crippen molar-refractivity contribution in [3.05, 3.63) is 40.1 Å². The minimum Gasteiger partial charge on any atom is -0.477 e. The lowest BCUT2D eigenvalue weighted by Crippen LogP contribution is -2.25. The van der Waals surface area contributed by atoms with Crippen LogP contribution in [0.25, 0.3) is 0 Å². The first-order valence-corrected chi connectivity index (χ1v) is 6.08. The first kappa shape index (κ1) is 12.3. The fourth-order valence-electron chi connectivity index (χ4n) is 1.39. The van der Waals surface area contributed by atoms with E-state index in [4.69, 9.17) is 5.11 Å². The van der Waals surface area contributed by atoms with E-state index in [1.807, 2.05) is 0 Å². The number of aromatic amines is 1. The molecular formula is C11H11N3O3S. The predicted molar refractivity (Wildman–Crippen MR) is 65.9 cm³/mol. The lowest BCUT2D eigenvalue weighted by molar-refractivity contribution is 0.0702. The molecule has 94 valence electrons. The van der Waals surface area contributed by atoms with Crippen molar-refractivity contribution in [2.45, 2.75) is 6.42 Å². The molecular weight excluding hydrogens is 254 g/mol. The van der Waals surface area contributed by atoms with Crippen LogP contribution in [0.5, 0.6) is 0 Å². The molecule has 2 heterocycles. The van der Waals surface area contributed by atoms with Crippen LogP contribution in [0.15, 0.2) is 24.5 Å². The number of nitrogens with one attached hydrogen (secondary N) is 2. The van der Waals surface area contributed by atoms with Gasteiger partial charge in [0.1, 0.15) is 10.7 Å². The smallest absolute Gasteiger partial charge is 0.345 e. The van der Waals surface area contributed by atoms with Crippen LogP contribution in [0, 0.1) is 0 Å². The van der Waals surface area contributed by atoms with E-state index in [1.54, 1.807) is 12.4 Å². The Balaban J connectivity index is 1.85. The first-order chi connectivity index (χ1) is 8.66. The van der Waals surface area contributed by atoms with Crippen LogP contribution in [0.4, 0.5) is 0 Å². The van der Waals surface area contributed by atoms with Crippen LogP contribution in [0.1, 0.15) is 25.2 Å². The van der Waals surface area contributed by atoms with Gasteiger partial charge in [-0.25, -0.2) is 9.78 Å². The van der Waals surface area contributed by atoms with Gasteiger partial charge in [-0.15, -0.1) is 11.3 Å². The summed E-state index contributed by atoms with van der Waals surface area (Å²) in [6.45, 7) is 0.451. The van der Waals surface area contributed by atoms with Gasteiger partial charge in [0.15, 0.2) is 0 Å². The Morgan fingerprint density at radius 2 is 2.17 bits per heavy atom. The van der Waals surface area contributed by atoms with E-state index in [1.165, 1.54) is 12.1 Å². The molecule has 0 aliphatic carbocycles. The van der Waals surface area contributed by atoms with E-state index in [9.17, 15) is 9.59 Å². The highest BCUT2D eigenvalue weighted by Crippen LogP contribution is 2.16. The Morgan fingerprint density at radius 1 is 1.39 bits per heavy atom. The van der Waals surface area contributed by atoms with Crippen molar-refractivity contribution in [1.29, 1.82) is 0 Å². The number of carbonyl (C=O) groups excluding carboxylic acids is 1. The van der Waals surface area contributed by atoms with Gasteiger partial charge in [-0.1, -0.05) is 0 Å². The highest BCUT2D eigenvalue weighted by molar-refractivity contribution is 7.15. The van der Waals surface area contributed by atoms with Gasteiger partial charge in [-0.05, 0) is 12.1 Å². The number of hydrogen-bond donors (Lipinski definition) is 3. The van der Waals surface area contributed by atoms with Crippen molar-refractivity contribution in [1.82, 2.24) is 15.3 Å². The zero-order valence-electron chi connectivity index (χ0n) is 9.34. The van der Waals surface area contributed by atoms with Crippen molar-refractivity contribution < 1.29 is 14.7 Å². The molecule has 18 heavy (non-hydrogen) atoms. The molecule has 0 saturated heterocycles. The largest absolute Gasteiger partial charge is 0.477 e. The second kappa shape index (κ2) is 5.46. The van der Waals surface area contributed by atoms with Gasteiger partial charge in [0.05, 0.1) is 4.88 Å². The lowest BCUT2D eigenvalue weighted by atomic mass is 10.3. The molecule has 7 heteroatoms. The van der Waals surface area contributed by atoms with Gasteiger partial charge in [0, 0.05) is 25.4 Å². The summed E-state index contributed by atoms with van der Waals surface area (Å²) < 4.78 is 0. The van der Waals surface area contributed by atoms with Crippen molar-refractivity contribution in [3.63, 3.8) is 0 Å². The summed E-state index contributed by atoms with van der Waals surface area (Å²) in [4.78, 5) is 29.9. The number of carboxylic acid groups (broad SMARTS) is 1. The molecule has 3 N–H and O–H groups in total. The number of aromatic carboxylic acids is 1. The molecule has 1 amide bonds. The second-order valence-electron chi connectivity index (χ2n) is 3.51. The molecule has 0 bridgehead atoms. The van der Waals surface area contributed by atoms with Crippen LogP contribution in [0.3, 0.4) is 0 Å². The molecule has 0 aliphatic rings. The molecule has 2 aromatic heterocycles. The minimum absolute atomic E-state index is 0.159. The zero-order chi connectivity index (χ0) is 13.0. The minimum atomic E-state index is -1.02. The van der Waals surface area contributed by atoms with Gasteiger partial charge in [0.25, 0.3) is 5.91 Å². The summed E-state index contributed by atoms with van der Waals surface area (Å²) in [6, 6.07) is 2.94. The zero-order valence-corrected chi connectivity index (χ0v) is 10.2. The third-order valence-corrected chi connectivity index (χ3v) is 3.31. The summed E-state index contributed by atoms with van der Waals surface area (Å²) in [5.74, 6) is -0.485. The average molecular weight is 265 g/mol. The molecule has 0 atom stereocenters. The maximum absolute atomic E-state index is 11.7. The number of carbonyl (C=O) groups is 2. The topological polar surface area (TPSA) is 95.1 Å². The van der Waals surface area contributed by atoms with Gasteiger partial charge < -0.3 is 15.4 Å². The predicted octanol–water partition coefficient (Wildman–Crippen LogP) is 1.14. The third kappa shape index (κ3) is 2.95. The van der Waals surface area contributed by atoms with Gasteiger partial charge >= 0.3 is 5.97 Å². The van der Waals surface area contributed by atoms with E-state index in [0.29, 0.717) is 17.8 Å². The van der Waals surface area contributed by atoms with Crippen molar-refractivity contribution in [3.8, 4) is 0 Å². The van der Waals surface area contributed by atoms with Gasteiger partial charge in [-0.2, -0.15) is 0 Å². The second-order valence-corrected chi connectivity index (χ2v) is 4.59. The molecule has 2 aromatic rings. The van der Waals surface area contributed by atoms with E-state index >= 15 is 0 Å². The Bertz CT molecular complexity index is 548. The number of carboxylic acids is 1. The lowest BCUT2D eigenvalue weighted by Gasteiger charge is -2.01. The Morgan fingerprint density at radius 3 is 2.78 bits per heavy atom. The van der Waals surface area contributed by atoms with Crippen LogP contribution < -0.4 is 5.32 Å². The van der Waals surface area contributed by atoms with Crippen LogP contribution in [0.2, 0.25) is 0 Å². The number of nitrogens with zero attached hydrogens (tertiary/aromatic N) is 1. The molecule has 0 fully saturated rings. The van der Waals surface area contributed by atoms with Crippen LogP contribution in [-0.4, -0.2) is 33.5 Å². The Kier molecular flexibility index (Phi) is 3.73. The standard InChI is InChI=1S/C11H11N3O3S/c15-10(7-1-2-8(18-7)11(16)17)14-4-3-9-12-5-6-13-9/h1-2,5-6H,3-4H2,(H,12,13)(H,14,15)(H,16,17). The monoisotopic (exact) mass is 265 g/mol. The highest BCUT2D eigenvalue weighted by Gasteiger charge is 2.12. The Labute approximate surface area is 107 Å². The van der Waals surface area contributed by atoms with E-state index in [-0.39, 0.29) is 10.8 Å². The van der Waals surface area contributed by atoms with E-state index in [0.717, 1.165) is 17.2 Å². The van der Waals surface area contributed by atoms with Crippen molar-refractivity contribution >= 4 is 23.2 Å². The number of imidazole rings is 1. The summed E-state index contributed by atoms with van der Waals surface area (Å²) >= 11 is 0.962. The number of rotatable bonds is 5. The average Bonchev–Trinajstić information content (AvgIpc) is 2.99. The molecule has 0 unspecified atom stereocenters. The molecule has 0 saturated carbocycles. The maximum Gasteiger partial charge on any atom is 0.345 e. The fraction of sp³-hybridized carbons (Fsp3) is 0.182. The van der Waals surface area contributed by atoms with E-state index < -0.39 is 5.97 Å². The number of hydrogen-bond acceptors (Lipinski definition) is 4. The summed E-state index contributed by atoms with van der Waals surface area (Å²) in [6.07, 6.45) is 3.97. The SMILES string of the molecule is O=C(O)c1ccc(C(=O)NCCc2ncc[nH]2)s1. The first-order valence-electron chi connectivity index (χ1n) is 5.26. The molecule has 0 aromatic carbocycles. The number of amides is 1. The van der Waals surface area contributed by atoms with Crippen molar-refractivity contribution in [2.75, 3.05) is 6.54 Å². The van der Waals surface area contributed by atoms with Gasteiger partial charge in [-0.3, -0.25) is 4.79 Å².